The number of anilines is 1. The molecule has 5 rings (SSSR count). The monoisotopic (exact) mass is 413 g/mol. The summed E-state index contributed by atoms with van der Waals surface area (Å²) >= 11 is 0. The summed E-state index contributed by atoms with van der Waals surface area (Å²) in [7, 11) is 1.84. The zero-order valence-corrected chi connectivity index (χ0v) is 17.3. The van der Waals surface area contributed by atoms with Crippen molar-refractivity contribution in [2.75, 3.05) is 31.1 Å². The molecule has 8 nitrogen and oxygen atoms in total. The molecule has 31 heavy (non-hydrogen) atoms. The summed E-state index contributed by atoms with van der Waals surface area (Å²) < 4.78 is 1.76. The summed E-state index contributed by atoms with van der Waals surface area (Å²) in [4.78, 5) is 34.5. The lowest BCUT2D eigenvalue weighted by molar-refractivity contribution is 0.0757. The maximum absolute atomic E-state index is 12.9. The first-order valence-corrected chi connectivity index (χ1v) is 10.4. The number of fused-ring (bicyclic) bond motifs is 1. The predicted molar refractivity (Wildman–Crippen MR) is 119 cm³/mol. The van der Waals surface area contributed by atoms with Crippen LogP contribution >= 0.6 is 0 Å². The summed E-state index contributed by atoms with van der Waals surface area (Å²) in [6.07, 6.45) is 7.57. The Morgan fingerprint density at radius 3 is 2.81 bits per heavy atom. The minimum atomic E-state index is 0.0217. The Morgan fingerprint density at radius 1 is 1.00 bits per heavy atom. The van der Waals surface area contributed by atoms with Gasteiger partial charge < -0.3 is 14.4 Å². The van der Waals surface area contributed by atoms with Crippen molar-refractivity contribution in [3.05, 3.63) is 67.1 Å². The molecule has 1 amide bonds. The number of aryl methyl sites for hydroxylation is 1. The molecule has 8 heteroatoms. The van der Waals surface area contributed by atoms with Crippen LogP contribution in [0.3, 0.4) is 0 Å². The van der Waals surface area contributed by atoms with E-state index in [1.54, 1.807) is 29.6 Å². The number of amides is 1. The summed E-state index contributed by atoms with van der Waals surface area (Å²) in [6.45, 7) is 2.91. The Morgan fingerprint density at radius 2 is 1.94 bits per heavy atom. The lowest BCUT2D eigenvalue weighted by Gasteiger charge is -2.23. The molecular weight excluding hydrogens is 390 g/mol. The van der Waals surface area contributed by atoms with Crippen molar-refractivity contribution in [2.45, 2.75) is 6.42 Å². The smallest absolute Gasteiger partial charge is 0.272 e. The average molecular weight is 413 g/mol. The van der Waals surface area contributed by atoms with Crippen molar-refractivity contribution in [1.82, 2.24) is 29.4 Å². The average Bonchev–Trinajstić information content (AvgIpc) is 3.09. The first kappa shape index (κ1) is 19.2. The number of hydrogen-bond acceptors (Lipinski definition) is 6. The van der Waals surface area contributed by atoms with Gasteiger partial charge in [-0.15, -0.1) is 0 Å². The van der Waals surface area contributed by atoms with Crippen LogP contribution < -0.4 is 4.90 Å². The minimum Gasteiger partial charge on any atom is -0.355 e. The van der Waals surface area contributed by atoms with E-state index >= 15 is 0 Å². The second-order valence-electron chi connectivity index (χ2n) is 7.66. The van der Waals surface area contributed by atoms with Gasteiger partial charge in [0.2, 0.25) is 0 Å². The van der Waals surface area contributed by atoms with Crippen LogP contribution in [-0.4, -0.2) is 61.5 Å². The van der Waals surface area contributed by atoms with Gasteiger partial charge in [0.1, 0.15) is 17.8 Å². The van der Waals surface area contributed by atoms with E-state index in [4.69, 9.17) is 0 Å². The number of benzene rings is 1. The SMILES string of the molecule is Cn1cncc1C(=O)N1CCCN(c2cc(-c3cccc4ncccc34)ncn2)CC1. The van der Waals surface area contributed by atoms with Crippen molar-refractivity contribution in [3.63, 3.8) is 0 Å². The van der Waals surface area contributed by atoms with E-state index in [9.17, 15) is 4.79 Å². The maximum Gasteiger partial charge on any atom is 0.272 e. The van der Waals surface area contributed by atoms with Gasteiger partial charge in [-0.2, -0.15) is 0 Å². The number of carbonyl (C=O) groups excluding carboxylic acids is 1. The molecule has 1 aromatic carbocycles. The lowest BCUT2D eigenvalue weighted by atomic mass is 10.1. The summed E-state index contributed by atoms with van der Waals surface area (Å²) in [5.74, 6) is 0.897. The van der Waals surface area contributed by atoms with Gasteiger partial charge >= 0.3 is 0 Å². The highest BCUT2D eigenvalue weighted by atomic mass is 16.2. The van der Waals surface area contributed by atoms with Gasteiger partial charge in [0.25, 0.3) is 5.91 Å². The molecule has 4 heterocycles. The first-order chi connectivity index (χ1) is 15.2. The van der Waals surface area contributed by atoms with Gasteiger partial charge in [-0.25, -0.2) is 15.0 Å². The van der Waals surface area contributed by atoms with Gasteiger partial charge in [-0.05, 0) is 18.6 Å². The molecule has 0 spiro atoms. The first-order valence-electron chi connectivity index (χ1n) is 10.4. The second-order valence-corrected chi connectivity index (χ2v) is 7.66. The van der Waals surface area contributed by atoms with Crippen LogP contribution in [0, 0.1) is 0 Å². The molecule has 0 unspecified atom stereocenters. The molecule has 0 aliphatic carbocycles. The fourth-order valence-electron chi connectivity index (χ4n) is 4.07. The fourth-order valence-corrected chi connectivity index (χ4v) is 4.07. The lowest BCUT2D eigenvalue weighted by Crippen LogP contribution is -2.36. The standard InChI is InChI=1S/C23H23N7O/c1-28-16-24-14-21(28)23(31)30-10-4-9-29(11-12-30)22-13-20(26-15-27-22)18-5-2-7-19-17(18)6-3-8-25-19/h2-3,5-8,13-16H,4,9-12H2,1H3. The minimum absolute atomic E-state index is 0.0217. The van der Waals surface area contributed by atoms with Gasteiger partial charge in [0.05, 0.1) is 23.7 Å². The second kappa shape index (κ2) is 8.14. The van der Waals surface area contributed by atoms with Crippen LogP contribution in [0.2, 0.25) is 0 Å². The number of hydrogen-bond donors (Lipinski definition) is 0. The van der Waals surface area contributed by atoms with Crippen molar-refractivity contribution >= 4 is 22.6 Å². The molecule has 0 atom stereocenters. The summed E-state index contributed by atoms with van der Waals surface area (Å²) in [6, 6.07) is 12.1. The highest BCUT2D eigenvalue weighted by Crippen LogP contribution is 2.28. The van der Waals surface area contributed by atoms with Crippen LogP contribution in [0.4, 0.5) is 5.82 Å². The van der Waals surface area contributed by atoms with Gasteiger partial charge in [-0.1, -0.05) is 18.2 Å². The molecule has 156 valence electrons. The molecule has 3 aromatic heterocycles. The molecule has 0 N–H and O–H groups in total. The number of rotatable bonds is 3. The quantitative estimate of drug-likeness (QED) is 0.514. The van der Waals surface area contributed by atoms with E-state index in [0.717, 1.165) is 47.5 Å². The molecule has 1 aliphatic rings. The Balaban J connectivity index is 1.38. The number of nitrogens with zero attached hydrogens (tertiary/aromatic N) is 7. The molecule has 1 fully saturated rings. The van der Waals surface area contributed by atoms with Crippen LogP contribution in [0.15, 0.2) is 61.4 Å². The van der Waals surface area contributed by atoms with Gasteiger partial charge in [-0.3, -0.25) is 9.78 Å². The topological polar surface area (TPSA) is 80.0 Å². The zero-order chi connectivity index (χ0) is 21.2. The van der Waals surface area contributed by atoms with E-state index < -0.39 is 0 Å². The third-order valence-corrected chi connectivity index (χ3v) is 5.72. The van der Waals surface area contributed by atoms with E-state index in [-0.39, 0.29) is 5.91 Å². The van der Waals surface area contributed by atoms with Crippen LogP contribution in [0.1, 0.15) is 16.9 Å². The Bertz CT molecular complexity index is 1230. The van der Waals surface area contributed by atoms with Crippen LogP contribution in [0.25, 0.3) is 22.2 Å². The third kappa shape index (κ3) is 3.72. The number of pyridine rings is 1. The number of aromatic nitrogens is 5. The van der Waals surface area contributed by atoms with E-state index in [1.165, 1.54) is 0 Å². The molecule has 0 saturated carbocycles. The third-order valence-electron chi connectivity index (χ3n) is 5.72. The summed E-state index contributed by atoms with van der Waals surface area (Å²) in [5.41, 5.74) is 3.47. The Kier molecular flexibility index (Phi) is 5.03. The Labute approximate surface area is 180 Å². The van der Waals surface area contributed by atoms with Crippen molar-refractivity contribution in [1.29, 1.82) is 0 Å². The highest BCUT2D eigenvalue weighted by molar-refractivity contribution is 5.94. The number of imidazole rings is 1. The van der Waals surface area contributed by atoms with Gasteiger partial charge in [0, 0.05) is 56.4 Å². The fraction of sp³-hybridized carbons (Fsp3) is 0.261. The molecule has 1 aliphatic heterocycles. The van der Waals surface area contributed by atoms with Crippen molar-refractivity contribution in [2.24, 2.45) is 7.05 Å². The van der Waals surface area contributed by atoms with Gasteiger partial charge in [0.15, 0.2) is 0 Å². The Hall–Kier alpha value is -3.81. The largest absolute Gasteiger partial charge is 0.355 e. The van der Waals surface area contributed by atoms with E-state index in [2.05, 4.69) is 37.0 Å². The van der Waals surface area contributed by atoms with Crippen LogP contribution in [-0.2, 0) is 7.05 Å². The molecule has 4 aromatic rings. The molecule has 0 bridgehead atoms. The maximum atomic E-state index is 12.9. The van der Waals surface area contributed by atoms with E-state index in [0.29, 0.717) is 18.8 Å². The number of carbonyl (C=O) groups is 1. The normalized spacial score (nSPS) is 14.6. The predicted octanol–water partition coefficient (Wildman–Crippen LogP) is 2.78. The summed E-state index contributed by atoms with van der Waals surface area (Å²) in [5, 5.41) is 1.07. The molecule has 1 saturated heterocycles. The van der Waals surface area contributed by atoms with Crippen molar-refractivity contribution < 1.29 is 4.79 Å². The molecule has 0 radical (unpaired) electrons. The van der Waals surface area contributed by atoms with Crippen molar-refractivity contribution in [3.8, 4) is 11.3 Å². The highest BCUT2D eigenvalue weighted by Gasteiger charge is 2.23. The van der Waals surface area contributed by atoms with E-state index in [1.807, 2.05) is 36.2 Å². The van der Waals surface area contributed by atoms with Crippen LogP contribution in [0.5, 0.6) is 0 Å². The zero-order valence-electron chi connectivity index (χ0n) is 17.3. The molecular formula is C23H23N7O.